The minimum atomic E-state index is 0.428. The third kappa shape index (κ3) is 1.84. The maximum atomic E-state index is 5.77. The van der Waals surface area contributed by atoms with Gasteiger partial charge in [0.25, 0.3) is 0 Å². The molecule has 2 heterocycles. The summed E-state index contributed by atoms with van der Waals surface area (Å²) in [4.78, 5) is 2.66. The molecule has 92 valence electrons. The monoisotopic (exact) mass is 259 g/mol. The number of benzene rings is 1. The molecule has 1 aromatic heterocycles. The average molecular weight is 259 g/mol. The Morgan fingerprint density at radius 1 is 1.28 bits per heavy atom. The van der Waals surface area contributed by atoms with Crippen LogP contribution in [-0.4, -0.2) is 26.3 Å². The normalized spacial score (nSPS) is 14.3. The highest BCUT2D eigenvalue weighted by Crippen LogP contribution is 2.24. The van der Waals surface area contributed by atoms with Gasteiger partial charge >= 0.3 is 0 Å². The van der Waals surface area contributed by atoms with E-state index < -0.39 is 0 Å². The van der Waals surface area contributed by atoms with Crippen LogP contribution in [0.2, 0.25) is 0 Å². The van der Waals surface area contributed by atoms with E-state index in [9.17, 15) is 0 Å². The molecule has 0 atom stereocenters. The molecule has 3 rings (SSSR count). The van der Waals surface area contributed by atoms with Crippen molar-refractivity contribution in [2.24, 2.45) is 5.73 Å². The van der Waals surface area contributed by atoms with Crippen LogP contribution in [0.1, 0.15) is 11.4 Å². The number of aromatic nitrogens is 3. The zero-order chi connectivity index (χ0) is 12.5. The number of fused-ring (bicyclic) bond motifs is 1. The summed E-state index contributed by atoms with van der Waals surface area (Å²) in [6.45, 7) is 2.53. The smallest absolute Gasteiger partial charge is 0.152 e. The Hall–Kier alpha value is -1.95. The summed E-state index contributed by atoms with van der Waals surface area (Å²) in [5.41, 5.74) is 7.75. The molecule has 0 saturated heterocycles. The first-order valence-electron chi connectivity index (χ1n) is 5.76. The number of rotatable bonds is 2. The van der Waals surface area contributed by atoms with Gasteiger partial charge in [-0.15, -0.1) is 10.2 Å². The second-order valence-corrected chi connectivity index (χ2v) is 4.68. The van der Waals surface area contributed by atoms with E-state index >= 15 is 0 Å². The fourth-order valence-corrected chi connectivity index (χ4v) is 2.40. The molecule has 1 aliphatic heterocycles. The summed E-state index contributed by atoms with van der Waals surface area (Å²) in [6.07, 6.45) is 1.77. The summed E-state index contributed by atoms with van der Waals surface area (Å²) in [7, 11) is 0. The van der Waals surface area contributed by atoms with Gasteiger partial charge in [-0.2, -0.15) is 0 Å². The molecule has 0 bridgehead atoms. The highest BCUT2D eigenvalue weighted by atomic mass is 32.1. The lowest BCUT2D eigenvalue weighted by atomic mass is 10.1. The molecule has 1 aliphatic rings. The van der Waals surface area contributed by atoms with E-state index in [-0.39, 0.29) is 0 Å². The number of nitrogens with two attached hydrogens (primary N) is 1. The number of hydrogen-bond donors (Lipinski definition) is 1. The van der Waals surface area contributed by atoms with E-state index in [4.69, 9.17) is 18.0 Å². The van der Waals surface area contributed by atoms with Gasteiger partial charge in [-0.3, -0.25) is 0 Å². The molecule has 0 radical (unpaired) electrons. The van der Waals surface area contributed by atoms with Gasteiger partial charge in [0.15, 0.2) is 5.82 Å². The molecule has 18 heavy (non-hydrogen) atoms. The second kappa shape index (κ2) is 4.38. The number of thiocarbonyl (C=S) groups is 1. The van der Waals surface area contributed by atoms with Crippen molar-refractivity contribution in [3.8, 4) is 0 Å². The summed E-state index contributed by atoms with van der Waals surface area (Å²) < 4.78 is 2.07. The Bertz CT molecular complexity index is 592. The standard InChI is InChI=1S/C12H13N5S/c13-12(18)9-3-1-2-4-10(9)16-5-6-17-8-14-15-11(17)7-16/h1-4,8H,5-7H2,(H2,13,18). The zero-order valence-corrected chi connectivity index (χ0v) is 10.6. The van der Waals surface area contributed by atoms with Gasteiger partial charge in [0.05, 0.1) is 6.54 Å². The fourth-order valence-electron chi connectivity index (χ4n) is 2.23. The molecule has 2 N–H and O–H groups in total. The van der Waals surface area contributed by atoms with Crippen LogP contribution in [0.25, 0.3) is 0 Å². The molecule has 0 unspecified atom stereocenters. The molecule has 5 nitrogen and oxygen atoms in total. The van der Waals surface area contributed by atoms with Gasteiger partial charge < -0.3 is 15.2 Å². The Labute approximate surface area is 110 Å². The third-order valence-corrected chi connectivity index (χ3v) is 3.37. The molecule has 6 heteroatoms. The van der Waals surface area contributed by atoms with E-state index in [2.05, 4.69) is 19.7 Å². The molecule has 0 fully saturated rings. The highest BCUT2D eigenvalue weighted by Gasteiger charge is 2.20. The van der Waals surface area contributed by atoms with Crippen molar-refractivity contribution in [2.75, 3.05) is 11.4 Å². The van der Waals surface area contributed by atoms with Crippen molar-refractivity contribution in [2.45, 2.75) is 13.1 Å². The summed E-state index contributed by atoms with van der Waals surface area (Å²) in [6, 6.07) is 7.94. The maximum absolute atomic E-state index is 5.77. The first kappa shape index (κ1) is 11.2. The largest absolute Gasteiger partial charge is 0.389 e. The van der Waals surface area contributed by atoms with Gasteiger partial charge in [0, 0.05) is 24.3 Å². The Morgan fingerprint density at radius 2 is 2.11 bits per heavy atom. The third-order valence-electron chi connectivity index (χ3n) is 3.15. The van der Waals surface area contributed by atoms with Crippen LogP contribution in [0.5, 0.6) is 0 Å². The summed E-state index contributed by atoms with van der Waals surface area (Å²) in [5.74, 6) is 0.971. The van der Waals surface area contributed by atoms with Crippen LogP contribution in [0.3, 0.4) is 0 Å². The molecular formula is C12H13N5S. The maximum Gasteiger partial charge on any atom is 0.152 e. The number of hydrogen-bond acceptors (Lipinski definition) is 4. The predicted molar refractivity (Wildman–Crippen MR) is 73.4 cm³/mol. The van der Waals surface area contributed by atoms with Crippen molar-refractivity contribution in [1.29, 1.82) is 0 Å². The van der Waals surface area contributed by atoms with Crippen molar-refractivity contribution in [1.82, 2.24) is 14.8 Å². The minimum Gasteiger partial charge on any atom is -0.389 e. The lowest BCUT2D eigenvalue weighted by Gasteiger charge is -2.30. The Morgan fingerprint density at radius 3 is 2.94 bits per heavy atom. The zero-order valence-electron chi connectivity index (χ0n) is 9.78. The van der Waals surface area contributed by atoms with Gasteiger partial charge in [-0.1, -0.05) is 24.4 Å². The van der Waals surface area contributed by atoms with Gasteiger partial charge in [0.2, 0.25) is 0 Å². The Balaban J connectivity index is 1.95. The van der Waals surface area contributed by atoms with Crippen molar-refractivity contribution in [3.63, 3.8) is 0 Å². The minimum absolute atomic E-state index is 0.428. The van der Waals surface area contributed by atoms with Crippen LogP contribution in [0.4, 0.5) is 5.69 Å². The van der Waals surface area contributed by atoms with Crippen LogP contribution in [-0.2, 0) is 13.1 Å². The average Bonchev–Trinajstić information content (AvgIpc) is 2.85. The number of nitrogens with zero attached hydrogens (tertiary/aromatic N) is 4. The lowest BCUT2D eigenvalue weighted by molar-refractivity contribution is 0.560. The van der Waals surface area contributed by atoms with E-state index in [0.717, 1.165) is 36.7 Å². The second-order valence-electron chi connectivity index (χ2n) is 4.24. The molecule has 0 saturated carbocycles. The SMILES string of the molecule is NC(=S)c1ccccc1N1CCn2cnnc2C1. The molecule has 1 aromatic carbocycles. The molecule has 0 spiro atoms. The van der Waals surface area contributed by atoms with Gasteiger partial charge in [0.1, 0.15) is 11.3 Å². The van der Waals surface area contributed by atoms with Gasteiger partial charge in [-0.05, 0) is 12.1 Å². The molecular weight excluding hydrogens is 246 g/mol. The quantitative estimate of drug-likeness (QED) is 0.813. The van der Waals surface area contributed by atoms with Crippen LogP contribution in [0, 0.1) is 0 Å². The van der Waals surface area contributed by atoms with E-state index in [1.807, 2.05) is 24.3 Å². The van der Waals surface area contributed by atoms with Crippen LogP contribution < -0.4 is 10.6 Å². The predicted octanol–water partition coefficient (Wildman–Crippen LogP) is 0.932. The van der Waals surface area contributed by atoms with Crippen molar-refractivity contribution < 1.29 is 0 Å². The lowest BCUT2D eigenvalue weighted by Crippen LogP contribution is -2.34. The number of para-hydroxylation sites is 1. The molecule has 2 aromatic rings. The molecule has 0 amide bonds. The van der Waals surface area contributed by atoms with Crippen LogP contribution in [0.15, 0.2) is 30.6 Å². The number of anilines is 1. The Kier molecular flexibility index (Phi) is 2.71. The van der Waals surface area contributed by atoms with E-state index in [1.165, 1.54) is 0 Å². The summed E-state index contributed by atoms with van der Waals surface area (Å²) >= 11 is 5.10. The first-order chi connectivity index (χ1) is 8.75. The van der Waals surface area contributed by atoms with Gasteiger partial charge in [-0.25, -0.2) is 0 Å². The first-order valence-corrected chi connectivity index (χ1v) is 6.17. The van der Waals surface area contributed by atoms with Crippen molar-refractivity contribution >= 4 is 22.9 Å². The summed E-state index contributed by atoms with van der Waals surface area (Å²) in [5, 5.41) is 8.04. The van der Waals surface area contributed by atoms with E-state index in [1.54, 1.807) is 6.33 Å². The van der Waals surface area contributed by atoms with Crippen LogP contribution >= 0.6 is 12.2 Å². The highest BCUT2D eigenvalue weighted by molar-refractivity contribution is 7.80. The van der Waals surface area contributed by atoms with Crippen molar-refractivity contribution in [3.05, 3.63) is 42.0 Å². The topological polar surface area (TPSA) is 60.0 Å². The molecule has 0 aliphatic carbocycles. The fraction of sp³-hybridized carbons (Fsp3) is 0.250. The van der Waals surface area contributed by atoms with E-state index in [0.29, 0.717) is 4.99 Å².